The molecule has 0 radical (unpaired) electrons. The van der Waals surface area contributed by atoms with Crippen molar-refractivity contribution < 1.29 is 106 Å². The van der Waals surface area contributed by atoms with Crippen LogP contribution in [0.4, 0.5) is 0 Å². The third-order valence-electron chi connectivity index (χ3n) is 10.3. The fourth-order valence-corrected chi connectivity index (χ4v) is 9.56. The second-order valence-electron chi connectivity index (χ2n) is 16.5. The Morgan fingerprint density at radius 3 is 0.754 bits per heavy atom. The normalized spacial score (nSPS) is 13.3. The van der Waals surface area contributed by atoms with Gasteiger partial charge in [-0.15, -0.1) is 0 Å². The molecule has 0 atom stereocenters. The molecule has 410 valence electrons. The second kappa shape index (κ2) is 32.7. The lowest BCUT2D eigenvalue weighted by Gasteiger charge is -2.31. The predicted octanol–water partition coefficient (Wildman–Crippen LogP) is -0.0736. The molecule has 0 fully saturated rings. The highest BCUT2D eigenvalue weighted by Gasteiger charge is 2.34. The van der Waals surface area contributed by atoms with E-state index < -0.39 is 138 Å². The molecule has 33 heteroatoms. The lowest BCUT2D eigenvalue weighted by atomic mass is 9.88. The summed E-state index contributed by atoms with van der Waals surface area (Å²) in [4.78, 5) is 44.3. The molecule has 0 aromatic rings. The number of rotatable bonds is 43. The van der Waals surface area contributed by atoms with Crippen molar-refractivity contribution in [3.63, 3.8) is 0 Å². The second-order valence-corrected chi connectivity index (χ2v) is 25.9. The van der Waals surface area contributed by atoms with E-state index in [4.69, 9.17) is 41.5 Å². The molecular formula is C36H71N3O24S6. The minimum Gasteiger partial charge on any atom is -0.465 e. The lowest BCUT2D eigenvalue weighted by Crippen LogP contribution is -2.40. The third kappa shape index (κ3) is 43.1. The number of esters is 3. The first-order valence-corrected chi connectivity index (χ1v) is 31.6. The van der Waals surface area contributed by atoms with E-state index in [1.165, 1.54) is 0 Å². The molecule has 69 heavy (non-hydrogen) atoms. The van der Waals surface area contributed by atoms with Crippen molar-refractivity contribution >= 4 is 78.6 Å². The van der Waals surface area contributed by atoms with E-state index in [1.54, 1.807) is 21.6 Å². The van der Waals surface area contributed by atoms with Crippen molar-refractivity contribution in [2.75, 3.05) is 113 Å². The zero-order valence-corrected chi connectivity index (χ0v) is 43.6. The molecule has 0 aliphatic rings. The Labute approximate surface area is 406 Å². The molecule has 0 amide bonds. The van der Waals surface area contributed by atoms with Crippen LogP contribution in [0.15, 0.2) is 0 Å². The molecule has 0 rings (SSSR count). The van der Waals surface area contributed by atoms with Crippen LogP contribution in [0.25, 0.3) is 0 Å². The van der Waals surface area contributed by atoms with Gasteiger partial charge in [0.2, 0.25) is 0 Å². The predicted molar refractivity (Wildman–Crippen MR) is 249 cm³/mol. The molecule has 0 aromatic carbocycles. The van der Waals surface area contributed by atoms with Crippen LogP contribution in [-0.2, 0) is 89.3 Å². The van der Waals surface area contributed by atoms with Gasteiger partial charge in [0, 0.05) is 19.6 Å². The van der Waals surface area contributed by atoms with E-state index in [0.29, 0.717) is 0 Å². The molecule has 0 aliphatic carbocycles. The van der Waals surface area contributed by atoms with Gasteiger partial charge in [-0.05, 0) is 103 Å². The Kier molecular flexibility index (Phi) is 31.7. The fraction of sp³-hybridized carbons (Fsp3) is 0.917. The highest BCUT2D eigenvalue weighted by Crippen LogP contribution is 2.25. The van der Waals surface area contributed by atoms with Crippen molar-refractivity contribution in [2.24, 2.45) is 5.41 Å². The highest BCUT2D eigenvalue weighted by atomic mass is 32.2. The van der Waals surface area contributed by atoms with Gasteiger partial charge < -0.3 is 28.9 Å². The molecule has 6 N–H and O–H groups in total. The van der Waals surface area contributed by atoms with Gasteiger partial charge in [0.25, 0.3) is 60.7 Å². The number of carbonyl (C=O) groups excluding carboxylic acids is 3. The minimum atomic E-state index is -4.32. The number of hydrogen-bond donors (Lipinski definition) is 6. The summed E-state index contributed by atoms with van der Waals surface area (Å²) in [6.45, 7) is 0.815. The maximum Gasteiger partial charge on any atom is 0.307 e. The summed E-state index contributed by atoms with van der Waals surface area (Å²) in [5.74, 6) is -5.79. The van der Waals surface area contributed by atoms with E-state index in [-0.39, 0.29) is 142 Å². The van der Waals surface area contributed by atoms with E-state index in [2.05, 4.69) is 0 Å². The SMILES string of the molecule is CCC(COC(=O)CCN(CCCCS(=O)(=O)O)CCCS(=O)(=O)O)(COC(=O)CCN(CCCCS(=O)(=O)O)CCCS(=O)(=O)O)COC(=O)CCN(CCCCS(=O)(=O)O)CCCS(=O)(=O)O. The van der Waals surface area contributed by atoms with Crippen LogP contribution in [0.1, 0.15) is 90.4 Å². The van der Waals surface area contributed by atoms with Gasteiger partial charge in [-0.25, -0.2) is 0 Å². The van der Waals surface area contributed by atoms with Crippen LogP contribution in [0.3, 0.4) is 0 Å². The summed E-state index contributed by atoms with van der Waals surface area (Å²) >= 11 is 0. The zero-order valence-electron chi connectivity index (χ0n) is 38.7. The number of unbranched alkanes of at least 4 members (excludes halogenated alkanes) is 3. The van der Waals surface area contributed by atoms with Crippen molar-refractivity contribution in [1.29, 1.82) is 0 Å². The van der Waals surface area contributed by atoms with Crippen LogP contribution in [0.5, 0.6) is 0 Å². The third-order valence-corrected chi connectivity index (χ3v) is 15.1. The Morgan fingerprint density at radius 1 is 0.348 bits per heavy atom. The average Bonchev–Trinajstić information content (AvgIpc) is 3.19. The first kappa shape index (κ1) is 66.8. The standard InChI is InChI=1S/C36H71N3O24S6/c1-2-36(30-61-33(40)12-21-37(18-9-27-67(52,53)54)15-3-6-24-64(43,44)45,31-62-34(41)13-22-38(19-10-28-68(55,56)57)16-4-7-25-65(46,47)48)32-63-35(42)14-23-39(20-11-29-69(58,59)60)17-5-8-26-66(49,50)51/h2-32H2,1H3,(H,43,44,45)(H,46,47,48)(H,49,50,51)(H,52,53,54)(H,55,56,57)(H,58,59,60). The molecule has 0 heterocycles. The molecule has 0 aromatic heterocycles. The number of carbonyl (C=O) groups is 3. The molecule has 0 saturated heterocycles. The largest absolute Gasteiger partial charge is 0.465 e. The van der Waals surface area contributed by atoms with E-state index in [9.17, 15) is 64.9 Å². The molecule has 0 spiro atoms. The van der Waals surface area contributed by atoms with E-state index >= 15 is 0 Å². The number of hydrogen-bond acceptors (Lipinski definition) is 21. The van der Waals surface area contributed by atoms with Crippen LogP contribution >= 0.6 is 0 Å². The summed E-state index contributed by atoms with van der Waals surface area (Å²) in [6.07, 6.45) is -0.145. The van der Waals surface area contributed by atoms with E-state index in [0.717, 1.165) is 0 Å². The maximum atomic E-state index is 13.1. The quantitative estimate of drug-likeness (QED) is 0.0201. The summed E-state index contributed by atoms with van der Waals surface area (Å²) < 4.78 is 206. The Bertz CT molecular complexity index is 1980. The monoisotopic (exact) mass is 1120 g/mol. The van der Waals surface area contributed by atoms with Gasteiger partial charge >= 0.3 is 17.9 Å². The Balaban J connectivity index is 6.11. The Morgan fingerprint density at radius 2 is 0.551 bits per heavy atom. The lowest BCUT2D eigenvalue weighted by molar-refractivity contribution is -0.162. The summed E-state index contributed by atoms with van der Waals surface area (Å²) in [5.41, 5.74) is -1.37. The topological polar surface area (TPSA) is 415 Å². The van der Waals surface area contributed by atoms with E-state index in [1.807, 2.05) is 0 Å². The first-order chi connectivity index (χ1) is 31.6. The molecular weight excluding hydrogens is 1050 g/mol. The summed E-state index contributed by atoms with van der Waals surface area (Å²) in [6, 6.07) is 0. The van der Waals surface area contributed by atoms with Crippen LogP contribution in [-0.4, -0.2) is 224 Å². The van der Waals surface area contributed by atoms with Crippen LogP contribution in [0.2, 0.25) is 0 Å². The zero-order chi connectivity index (χ0) is 53.0. The van der Waals surface area contributed by atoms with Gasteiger partial charge in [-0.3, -0.25) is 41.7 Å². The molecule has 27 nitrogen and oxygen atoms in total. The minimum absolute atomic E-state index is 0.0215. The fourth-order valence-electron chi connectivity index (χ4n) is 6.37. The van der Waals surface area contributed by atoms with Gasteiger partial charge in [-0.1, -0.05) is 6.92 Å². The smallest absolute Gasteiger partial charge is 0.307 e. The summed E-state index contributed by atoms with van der Waals surface area (Å²) in [7, 11) is -25.7. The van der Waals surface area contributed by atoms with Crippen LogP contribution < -0.4 is 0 Å². The summed E-state index contributed by atoms with van der Waals surface area (Å²) in [5, 5.41) is 0. The first-order valence-electron chi connectivity index (χ1n) is 21.9. The van der Waals surface area contributed by atoms with Gasteiger partial charge in [0.1, 0.15) is 19.8 Å². The van der Waals surface area contributed by atoms with Crippen molar-refractivity contribution in [3.8, 4) is 0 Å². The number of nitrogens with zero attached hydrogens (tertiary/aromatic N) is 3. The molecule has 0 aliphatic heterocycles. The van der Waals surface area contributed by atoms with Gasteiger partial charge in [0.15, 0.2) is 0 Å². The van der Waals surface area contributed by atoms with Crippen molar-refractivity contribution in [2.45, 2.75) is 90.4 Å². The van der Waals surface area contributed by atoms with Crippen molar-refractivity contribution in [1.82, 2.24) is 14.7 Å². The average molecular weight is 1120 g/mol. The van der Waals surface area contributed by atoms with Crippen LogP contribution in [0, 0.1) is 5.41 Å². The van der Waals surface area contributed by atoms with Gasteiger partial charge in [0.05, 0.1) is 59.2 Å². The Hall–Kier alpha value is -2.25. The molecule has 0 bridgehead atoms. The van der Waals surface area contributed by atoms with Gasteiger partial charge in [-0.2, -0.15) is 50.5 Å². The van der Waals surface area contributed by atoms with Crippen molar-refractivity contribution in [3.05, 3.63) is 0 Å². The molecule has 0 saturated carbocycles. The molecule has 0 unspecified atom stereocenters. The number of ether oxygens (including phenoxy) is 3. The maximum absolute atomic E-state index is 13.1. The highest BCUT2D eigenvalue weighted by molar-refractivity contribution is 7.86.